The van der Waals surface area contributed by atoms with Crippen molar-refractivity contribution in [2.45, 2.75) is 37.1 Å². The smallest absolute Gasteiger partial charge is 0.269 e. The molecule has 0 fully saturated rings. The second-order valence-electron chi connectivity index (χ2n) is 8.18. The maximum absolute atomic E-state index is 13.5. The van der Waals surface area contributed by atoms with E-state index >= 15 is 0 Å². The van der Waals surface area contributed by atoms with Crippen LogP contribution in [0.25, 0.3) is 0 Å². The van der Waals surface area contributed by atoms with Gasteiger partial charge in [0, 0.05) is 25.3 Å². The predicted molar refractivity (Wildman–Crippen MR) is 123 cm³/mol. The zero-order valence-corrected chi connectivity index (χ0v) is 19.0. The first-order chi connectivity index (χ1) is 15.0. The van der Waals surface area contributed by atoms with Gasteiger partial charge in [0.25, 0.3) is 5.91 Å². The van der Waals surface area contributed by atoms with Gasteiger partial charge in [-0.2, -0.15) is 4.31 Å². The molecule has 0 N–H and O–H groups in total. The molecule has 3 heterocycles. The summed E-state index contributed by atoms with van der Waals surface area (Å²) >= 11 is 1.21. The summed E-state index contributed by atoms with van der Waals surface area (Å²) in [6.45, 7) is 3.51. The standard InChI is InChI=1S/C24H24N2O3S2/c1-17-10-14-26(21-9-5-4-8-20(17)21)24(27)23-22(12-15-30-23)31(28,29)25-13-11-18-6-2-3-7-19(18)16-25/h2-9,12,15,17H,10-11,13-14,16H2,1H3. The second-order valence-corrected chi connectivity index (χ2v) is 11.0. The number of carbonyl (C=O) groups excluding carboxylic acids is 1. The Morgan fingerprint density at radius 1 is 1.00 bits per heavy atom. The van der Waals surface area contributed by atoms with Crippen molar-refractivity contribution in [1.29, 1.82) is 0 Å². The van der Waals surface area contributed by atoms with Crippen LogP contribution >= 0.6 is 11.3 Å². The molecule has 0 spiro atoms. The van der Waals surface area contributed by atoms with Crippen molar-refractivity contribution < 1.29 is 13.2 Å². The fourth-order valence-corrected chi connectivity index (χ4v) is 7.32. The van der Waals surface area contributed by atoms with Crippen LogP contribution in [0.3, 0.4) is 0 Å². The molecule has 1 atom stereocenters. The molecular formula is C24H24N2O3S2. The van der Waals surface area contributed by atoms with E-state index in [0.717, 1.165) is 23.2 Å². The monoisotopic (exact) mass is 452 g/mol. The zero-order valence-electron chi connectivity index (χ0n) is 17.3. The van der Waals surface area contributed by atoms with Crippen LogP contribution in [0.4, 0.5) is 5.69 Å². The van der Waals surface area contributed by atoms with Gasteiger partial charge in [0.15, 0.2) is 0 Å². The van der Waals surface area contributed by atoms with Crippen LogP contribution in [0.15, 0.2) is 64.9 Å². The number of hydrogen-bond acceptors (Lipinski definition) is 4. The van der Waals surface area contributed by atoms with E-state index < -0.39 is 10.0 Å². The highest BCUT2D eigenvalue weighted by Crippen LogP contribution is 2.37. The average Bonchev–Trinajstić information content (AvgIpc) is 3.30. The van der Waals surface area contributed by atoms with Crippen LogP contribution in [-0.2, 0) is 23.0 Å². The molecule has 160 valence electrons. The van der Waals surface area contributed by atoms with Crippen molar-refractivity contribution in [2.75, 3.05) is 18.0 Å². The quantitative estimate of drug-likeness (QED) is 0.581. The maximum Gasteiger partial charge on any atom is 0.269 e. The number of fused-ring (bicyclic) bond motifs is 2. The molecule has 0 radical (unpaired) electrons. The van der Waals surface area contributed by atoms with Crippen LogP contribution in [0, 0.1) is 0 Å². The van der Waals surface area contributed by atoms with E-state index in [1.165, 1.54) is 21.2 Å². The molecule has 0 saturated carbocycles. The normalized spacial score (nSPS) is 19.0. The van der Waals surface area contributed by atoms with Crippen LogP contribution in [0.1, 0.15) is 45.6 Å². The summed E-state index contributed by atoms with van der Waals surface area (Å²) in [4.78, 5) is 15.7. The number of anilines is 1. The van der Waals surface area contributed by atoms with E-state index in [-0.39, 0.29) is 10.8 Å². The fraction of sp³-hybridized carbons (Fsp3) is 0.292. The van der Waals surface area contributed by atoms with E-state index in [2.05, 4.69) is 13.0 Å². The van der Waals surface area contributed by atoms with Gasteiger partial charge in [-0.15, -0.1) is 11.3 Å². The molecule has 5 rings (SSSR count). The Bertz CT molecular complexity index is 1250. The van der Waals surface area contributed by atoms with E-state index in [0.29, 0.717) is 36.9 Å². The zero-order chi connectivity index (χ0) is 21.6. The van der Waals surface area contributed by atoms with E-state index in [9.17, 15) is 13.2 Å². The number of benzene rings is 2. The molecule has 3 aromatic rings. The van der Waals surface area contributed by atoms with Crippen molar-refractivity contribution in [2.24, 2.45) is 0 Å². The number of nitrogens with zero attached hydrogens (tertiary/aromatic N) is 2. The summed E-state index contributed by atoms with van der Waals surface area (Å²) in [5, 5.41) is 1.70. The summed E-state index contributed by atoms with van der Waals surface area (Å²) in [5.74, 6) is 0.144. The Hall–Kier alpha value is -2.48. The number of thiophene rings is 1. The van der Waals surface area contributed by atoms with Crippen molar-refractivity contribution in [1.82, 2.24) is 4.31 Å². The Morgan fingerprint density at radius 2 is 1.74 bits per heavy atom. The summed E-state index contributed by atoms with van der Waals surface area (Å²) in [6.07, 6.45) is 1.54. The van der Waals surface area contributed by atoms with Crippen molar-refractivity contribution >= 4 is 33.0 Å². The topological polar surface area (TPSA) is 57.7 Å². The van der Waals surface area contributed by atoms with E-state index in [1.54, 1.807) is 16.3 Å². The Kier molecular flexibility index (Phi) is 5.20. The second kappa shape index (κ2) is 7.89. The van der Waals surface area contributed by atoms with E-state index in [4.69, 9.17) is 0 Å². The molecule has 2 aliphatic rings. The number of para-hydroxylation sites is 1. The fourth-order valence-electron chi connectivity index (χ4n) is 4.55. The minimum absolute atomic E-state index is 0.123. The van der Waals surface area contributed by atoms with Gasteiger partial charge in [-0.25, -0.2) is 8.42 Å². The lowest BCUT2D eigenvalue weighted by molar-refractivity contribution is 0.0985. The number of sulfonamides is 1. The van der Waals surface area contributed by atoms with Crippen LogP contribution in [0.5, 0.6) is 0 Å². The maximum atomic E-state index is 13.5. The lowest BCUT2D eigenvalue weighted by Crippen LogP contribution is -2.39. The van der Waals surface area contributed by atoms with Crippen LogP contribution in [-0.4, -0.2) is 31.7 Å². The third-order valence-electron chi connectivity index (χ3n) is 6.33. The lowest BCUT2D eigenvalue weighted by Gasteiger charge is -2.33. The Labute approximate surface area is 187 Å². The van der Waals surface area contributed by atoms with Gasteiger partial charge in [0.05, 0.1) is 0 Å². The first-order valence-electron chi connectivity index (χ1n) is 10.5. The number of amides is 1. The van der Waals surface area contributed by atoms with Gasteiger partial charge < -0.3 is 4.90 Å². The molecule has 0 bridgehead atoms. The SMILES string of the molecule is CC1CCN(C(=O)c2sccc2S(=O)(=O)N2CCc3ccccc3C2)c2ccccc21. The number of rotatable bonds is 3. The summed E-state index contributed by atoms with van der Waals surface area (Å²) in [6, 6.07) is 17.4. The molecule has 1 unspecified atom stereocenters. The summed E-state index contributed by atoms with van der Waals surface area (Å²) in [5.41, 5.74) is 4.24. The van der Waals surface area contributed by atoms with Crippen molar-refractivity contribution in [3.63, 3.8) is 0 Å². The molecule has 31 heavy (non-hydrogen) atoms. The Balaban J connectivity index is 1.48. The van der Waals surface area contributed by atoms with E-state index in [1.807, 2.05) is 42.5 Å². The lowest BCUT2D eigenvalue weighted by atomic mass is 9.91. The third kappa shape index (κ3) is 3.50. The van der Waals surface area contributed by atoms with Crippen molar-refractivity contribution in [3.8, 4) is 0 Å². The molecule has 2 aromatic carbocycles. The highest BCUT2D eigenvalue weighted by Gasteiger charge is 2.35. The van der Waals surface area contributed by atoms with Gasteiger partial charge in [-0.3, -0.25) is 4.79 Å². The predicted octanol–water partition coefficient (Wildman–Crippen LogP) is 4.65. The van der Waals surface area contributed by atoms with Crippen LogP contribution in [0.2, 0.25) is 0 Å². The van der Waals surface area contributed by atoms with Gasteiger partial charge >= 0.3 is 0 Å². The average molecular weight is 453 g/mol. The molecule has 0 aliphatic carbocycles. The van der Waals surface area contributed by atoms with Crippen molar-refractivity contribution in [3.05, 3.63) is 81.5 Å². The van der Waals surface area contributed by atoms with Gasteiger partial charge in [-0.1, -0.05) is 49.4 Å². The molecule has 5 nitrogen and oxygen atoms in total. The number of carbonyl (C=O) groups is 1. The molecule has 2 aliphatic heterocycles. The largest absolute Gasteiger partial charge is 0.307 e. The van der Waals surface area contributed by atoms with Gasteiger partial charge in [0.1, 0.15) is 9.77 Å². The summed E-state index contributed by atoms with van der Waals surface area (Å²) < 4.78 is 28.6. The number of hydrogen-bond donors (Lipinski definition) is 0. The first-order valence-corrected chi connectivity index (χ1v) is 12.8. The first kappa shape index (κ1) is 20.4. The van der Waals surface area contributed by atoms with Gasteiger partial charge in [0.2, 0.25) is 10.0 Å². The molecule has 7 heteroatoms. The third-order valence-corrected chi connectivity index (χ3v) is 9.25. The van der Waals surface area contributed by atoms with Gasteiger partial charge in [-0.05, 0) is 53.0 Å². The van der Waals surface area contributed by atoms with Crippen LogP contribution < -0.4 is 4.90 Å². The minimum Gasteiger partial charge on any atom is -0.307 e. The molecule has 1 amide bonds. The highest BCUT2D eigenvalue weighted by atomic mass is 32.2. The Morgan fingerprint density at radius 3 is 2.58 bits per heavy atom. The molecule has 0 saturated heterocycles. The summed E-state index contributed by atoms with van der Waals surface area (Å²) in [7, 11) is -3.77. The highest BCUT2D eigenvalue weighted by molar-refractivity contribution is 7.89. The molecule has 1 aromatic heterocycles. The molecular weight excluding hydrogens is 428 g/mol. The minimum atomic E-state index is -3.77.